The lowest BCUT2D eigenvalue weighted by atomic mass is 10.0. The quantitative estimate of drug-likeness (QED) is 0.243. The van der Waals surface area contributed by atoms with Crippen molar-refractivity contribution in [3.8, 4) is 0 Å². The van der Waals surface area contributed by atoms with Crippen molar-refractivity contribution in [1.82, 2.24) is 4.90 Å². The van der Waals surface area contributed by atoms with Crippen LogP contribution in [-0.2, 0) is 0 Å². The molecule has 1 nitrogen and oxygen atoms in total. The van der Waals surface area contributed by atoms with Crippen molar-refractivity contribution in [2.45, 2.75) is 136 Å². The third-order valence-electron chi connectivity index (χ3n) is 5.49. The van der Waals surface area contributed by atoms with Crippen LogP contribution in [0.5, 0.6) is 0 Å². The average molecular weight is 340 g/mol. The van der Waals surface area contributed by atoms with Gasteiger partial charge in [-0.2, -0.15) is 0 Å². The summed E-state index contributed by atoms with van der Waals surface area (Å²) in [6.07, 6.45) is 23.2. The van der Waals surface area contributed by atoms with E-state index in [4.69, 9.17) is 0 Å². The van der Waals surface area contributed by atoms with Gasteiger partial charge in [0, 0.05) is 5.54 Å². The molecule has 0 aromatic heterocycles. The van der Waals surface area contributed by atoms with Crippen LogP contribution in [0.1, 0.15) is 130 Å². The Kier molecular flexibility index (Phi) is 16.4. The van der Waals surface area contributed by atoms with Gasteiger partial charge in [-0.1, -0.05) is 103 Å². The van der Waals surface area contributed by atoms with Gasteiger partial charge < -0.3 is 4.90 Å². The van der Waals surface area contributed by atoms with Gasteiger partial charge in [-0.3, -0.25) is 0 Å². The summed E-state index contributed by atoms with van der Waals surface area (Å²) in [6, 6.07) is 0. The van der Waals surface area contributed by atoms with Gasteiger partial charge in [-0.15, -0.1) is 0 Å². The maximum atomic E-state index is 2.48. The Balaban J connectivity index is 3.10. The first-order chi connectivity index (χ1) is 11.5. The van der Waals surface area contributed by atoms with Crippen LogP contribution in [0.3, 0.4) is 0 Å². The standard InChI is InChI=1S/C23H49N/c1-6-7-8-9-10-11-12-13-14-15-16-17-18-19-20-21-22-24(5)23(2,3)4/h6-22H2,1-5H3. The van der Waals surface area contributed by atoms with Crippen molar-refractivity contribution >= 4 is 0 Å². The van der Waals surface area contributed by atoms with Gasteiger partial charge in [0.05, 0.1) is 0 Å². The summed E-state index contributed by atoms with van der Waals surface area (Å²) in [4.78, 5) is 2.48. The zero-order valence-corrected chi connectivity index (χ0v) is 18.0. The molecule has 0 heterocycles. The number of hydrogen-bond donors (Lipinski definition) is 0. The molecular formula is C23H49N. The third-order valence-corrected chi connectivity index (χ3v) is 5.49. The highest BCUT2D eigenvalue weighted by Gasteiger charge is 2.15. The number of nitrogens with zero attached hydrogens (tertiary/aromatic N) is 1. The van der Waals surface area contributed by atoms with Gasteiger partial charge in [-0.05, 0) is 40.8 Å². The van der Waals surface area contributed by atoms with Crippen molar-refractivity contribution in [2.75, 3.05) is 13.6 Å². The minimum absolute atomic E-state index is 0.329. The topological polar surface area (TPSA) is 3.24 Å². The lowest BCUT2D eigenvalue weighted by Gasteiger charge is -2.31. The Bertz CT molecular complexity index is 241. The molecule has 0 aromatic rings. The molecule has 1 heteroatoms. The van der Waals surface area contributed by atoms with Crippen LogP contribution >= 0.6 is 0 Å². The molecule has 0 aliphatic carbocycles. The molecule has 146 valence electrons. The molecule has 0 bridgehead atoms. The van der Waals surface area contributed by atoms with Gasteiger partial charge in [0.2, 0.25) is 0 Å². The summed E-state index contributed by atoms with van der Waals surface area (Å²) in [7, 11) is 2.26. The second-order valence-corrected chi connectivity index (χ2v) is 8.90. The molecule has 0 saturated heterocycles. The van der Waals surface area contributed by atoms with E-state index in [1.54, 1.807) is 0 Å². The molecular weight excluding hydrogens is 290 g/mol. The Morgan fingerprint density at radius 2 is 0.792 bits per heavy atom. The Hall–Kier alpha value is -0.0400. The van der Waals surface area contributed by atoms with Crippen LogP contribution in [-0.4, -0.2) is 24.0 Å². The minimum Gasteiger partial charge on any atom is -0.302 e. The summed E-state index contributed by atoms with van der Waals surface area (Å²) >= 11 is 0. The van der Waals surface area contributed by atoms with Crippen molar-refractivity contribution < 1.29 is 0 Å². The zero-order chi connectivity index (χ0) is 18.1. The predicted octanol–water partition coefficient (Wildman–Crippen LogP) is 7.98. The highest BCUT2D eigenvalue weighted by atomic mass is 15.1. The highest BCUT2D eigenvalue weighted by molar-refractivity contribution is 4.72. The predicted molar refractivity (Wildman–Crippen MR) is 112 cm³/mol. The molecule has 0 amide bonds. The molecule has 0 aromatic carbocycles. The summed E-state index contributed by atoms with van der Waals surface area (Å²) in [6.45, 7) is 10.5. The summed E-state index contributed by atoms with van der Waals surface area (Å²) < 4.78 is 0. The van der Waals surface area contributed by atoms with Crippen molar-refractivity contribution in [2.24, 2.45) is 0 Å². The van der Waals surface area contributed by atoms with E-state index in [1.807, 2.05) is 0 Å². The van der Waals surface area contributed by atoms with Gasteiger partial charge in [0.15, 0.2) is 0 Å². The van der Waals surface area contributed by atoms with Crippen molar-refractivity contribution in [3.63, 3.8) is 0 Å². The fourth-order valence-corrected chi connectivity index (χ4v) is 3.23. The lowest BCUT2D eigenvalue weighted by molar-refractivity contribution is 0.172. The van der Waals surface area contributed by atoms with E-state index in [1.165, 1.54) is 109 Å². The SMILES string of the molecule is CCCCCCCCCCCCCCCCCCN(C)C(C)(C)C. The molecule has 0 unspecified atom stereocenters. The molecule has 0 radical (unpaired) electrons. The Morgan fingerprint density at radius 1 is 0.500 bits per heavy atom. The number of hydrogen-bond acceptors (Lipinski definition) is 1. The maximum Gasteiger partial charge on any atom is 0.0122 e. The molecule has 0 rings (SSSR count). The highest BCUT2D eigenvalue weighted by Crippen LogP contribution is 2.15. The third kappa shape index (κ3) is 16.8. The number of rotatable bonds is 17. The lowest BCUT2D eigenvalue weighted by Crippen LogP contribution is -2.38. The van der Waals surface area contributed by atoms with Crippen molar-refractivity contribution in [1.29, 1.82) is 0 Å². The van der Waals surface area contributed by atoms with Crippen LogP contribution in [0.15, 0.2) is 0 Å². The second kappa shape index (κ2) is 16.4. The fraction of sp³-hybridized carbons (Fsp3) is 1.00. The van der Waals surface area contributed by atoms with Crippen LogP contribution in [0.25, 0.3) is 0 Å². The fourth-order valence-electron chi connectivity index (χ4n) is 3.23. The van der Waals surface area contributed by atoms with Gasteiger partial charge in [-0.25, -0.2) is 0 Å². The zero-order valence-electron chi connectivity index (χ0n) is 18.0. The van der Waals surface area contributed by atoms with E-state index in [9.17, 15) is 0 Å². The van der Waals surface area contributed by atoms with Gasteiger partial charge >= 0.3 is 0 Å². The van der Waals surface area contributed by atoms with Crippen LogP contribution in [0, 0.1) is 0 Å². The summed E-state index contributed by atoms with van der Waals surface area (Å²) in [5.74, 6) is 0. The molecule has 0 fully saturated rings. The van der Waals surface area contributed by atoms with Crippen molar-refractivity contribution in [3.05, 3.63) is 0 Å². The first-order valence-electron chi connectivity index (χ1n) is 11.2. The van der Waals surface area contributed by atoms with E-state index >= 15 is 0 Å². The average Bonchev–Trinajstić information content (AvgIpc) is 2.53. The second-order valence-electron chi connectivity index (χ2n) is 8.90. The normalized spacial score (nSPS) is 12.2. The molecule has 0 N–H and O–H groups in total. The van der Waals surface area contributed by atoms with Gasteiger partial charge in [0.1, 0.15) is 0 Å². The van der Waals surface area contributed by atoms with E-state index < -0.39 is 0 Å². The van der Waals surface area contributed by atoms with Crippen LogP contribution in [0.2, 0.25) is 0 Å². The first-order valence-corrected chi connectivity index (χ1v) is 11.2. The molecule has 0 aliphatic heterocycles. The van der Waals surface area contributed by atoms with E-state index in [0.717, 1.165) is 0 Å². The van der Waals surface area contributed by atoms with Gasteiger partial charge in [0.25, 0.3) is 0 Å². The van der Waals surface area contributed by atoms with Crippen LogP contribution in [0.4, 0.5) is 0 Å². The monoisotopic (exact) mass is 339 g/mol. The largest absolute Gasteiger partial charge is 0.302 e. The Morgan fingerprint density at radius 3 is 1.08 bits per heavy atom. The molecule has 0 spiro atoms. The summed E-state index contributed by atoms with van der Waals surface area (Å²) in [5, 5.41) is 0. The molecule has 0 atom stereocenters. The maximum absolute atomic E-state index is 2.48. The molecule has 0 aliphatic rings. The van der Waals surface area contributed by atoms with E-state index in [0.29, 0.717) is 5.54 Å². The molecule has 0 saturated carbocycles. The van der Waals surface area contributed by atoms with E-state index in [2.05, 4.69) is 39.6 Å². The first kappa shape index (κ1) is 24.0. The Labute approximate surface area is 155 Å². The smallest absolute Gasteiger partial charge is 0.0122 e. The molecule has 24 heavy (non-hydrogen) atoms. The number of unbranched alkanes of at least 4 members (excludes halogenated alkanes) is 15. The van der Waals surface area contributed by atoms with E-state index in [-0.39, 0.29) is 0 Å². The summed E-state index contributed by atoms with van der Waals surface area (Å²) in [5.41, 5.74) is 0.329. The van der Waals surface area contributed by atoms with Crippen LogP contribution < -0.4 is 0 Å². The minimum atomic E-state index is 0.329.